The lowest BCUT2D eigenvalue weighted by Gasteiger charge is -2.45. The average molecular weight is 404 g/mol. The molecule has 1 aliphatic carbocycles. The SMILES string of the molecule is CC1(c2noc(C3=NNC4C5CCCCC5n5c(cnc5Cl)N34)n2)CCCO1. The molecule has 1 saturated heterocycles. The number of anilines is 1. The number of halogens is 1. The van der Waals surface area contributed by atoms with E-state index >= 15 is 0 Å². The summed E-state index contributed by atoms with van der Waals surface area (Å²) >= 11 is 6.47. The monoisotopic (exact) mass is 403 g/mol. The standard InChI is InChI=1S/C18H22ClN7O2/c1-18(7-4-8-27-18)16-21-15(28-24-16)14-23-22-13-10-5-2-3-6-11(10)25-12(26(13)14)9-20-17(25)19/h9-11,13,22H,2-8H2,1H3. The maximum Gasteiger partial charge on any atom is 0.295 e. The summed E-state index contributed by atoms with van der Waals surface area (Å²) in [5.41, 5.74) is 2.82. The summed E-state index contributed by atoms with van der Waals surface area (Å²) in [4.78, 5) is 11.1. The molecule has 4 aliphatic rings. The van der Waals surface area contributed by atoms with Gasteiger partial charge in [0.25, 0.3) is 5.89 Å². The van der Waals surface area contributed by atoms with Gasteiger partial charge in [0.2, 0.25) is 16.9 Å². The van der Waals surface area contributed by atoms with E-state index in [1.54, 1.807) is 6.20 Å². The number of nitrogens with zero attached hydrogens (tertiary/aromatic N) is 6. The van der Waals surface area contributed by atoms with Crippen LogP contribution in [0.5, 0.6) is 0 Å². The van der Waals surface area contributed by atoms with E-state index < -0.39 is 5.60 Å². The summed E-state index contributed by atoms with van der Waals surface area (Å²) in [6.45, 7) is 2.73. The Balaban J connectivity index is 1.40. The number of rotatable bonds is 2. The van der Waals surface area contributed by atoms with Gasteiger partial charge < -0.3 is 9.26 Å². The summed E-state index contributed by atoms with van der Waals surface area (Å²) < 4.78 is 13.6. The molecule has 0 bridgehead atoms. The Morgan fingerprint density at radius 2 is 2.18 bits per heavy atom. The summed E-state index contributed by atoms with van der Waals surface area (Å²) in [6.07, 6.45) is 8.39. The molecular weight excluding hydrogens is 382 g/mol. The average Bonchev–Trinajstić information content (AvgIpc) is 3.47. The molecule has 148 valence electrons. The van der Waals surface area contributed by atoms with Crippen molar-refractivity contribution in [3.8, 4) is 0 Å². The quantitative estimate of drug-likeness (QED) is 0.823. The Hall–Kier alpha value is -2.13. The van der Waals surface area contributed by atoms with E-state index in [0.29, 0.717) is 34.8 Å². The Labute approximate surface area is 167 Å². The summed E-state index contributed by atoms with van der Waals surface area (Å²) in [7, 11) is 0. The highest BCUT2D eigenvalue weighted by Crippen LogP contribution is 2.47. The van der Waals surface area contributed by atoms with E-state index in [4.69, 9.17) is 20.9 Å². The molecule has 0 radical (unpaired) electrons. The van der Waals surface area contributed by atoms with Crippen LogP contribution in [0.25, 0.3) is 0 Å². The summed E-state index contributed by atoms with van der Waals surface area (Å²) in [5, 5.41) is 9.31. The summed E-state index contributed by atoms with van der Waals surface area (Å²) in [6, 6.07) is 0.339. The fourth-order valence-corrected chi connectivity index (χ4v) is 5.45. The largest absolute Gasteiger partial charge is 0.367 e. The molecule has 5 heterocycles. The predicted octanol–water partition coefficient (Wildman–Crippen LogP) is 2.79. The third-order valence-electron chi connectivity index (χ3n) is 6.62. The molecule has 10 heteroatoms. The summed E-state index contributed by atoms with van der Waals surface area (Å²) in [5.74, 6) is 2.90. The van der Waals surface area contributed by atoms with Gasteiger partial charge in [0.05, 0.1) is 6.20 Å². The van der Waals surface area contributed by atoms with Crippen molar-refractivity contribution in [2.45, 2.75) is 63.3 Å². The van der Waals surface area contributed by atoms with Crippen LogP contribution in [0.1, 0.15) is 63.2 Å². The van der Waals surface area contributed by atoms with Crippen molar-refractivity contribution < 1.29 is 9.26 Å². The van der Waals surface area contributed by atoms with Crippen LogP contribution >= 0.6 is 11.6 Å². The third kappa shape index (κ3) is 2.23. The number of amidine groups is 1. The number of hydrogen-bond donors (Lipinski definition) is 1. The molecular formula is C18H22ClN7O2. The molecule has 1 N–H and O–H groups in total. The Morgan fingerprint density at radius 3 is 3.04 bits per heavy atom. The molecule has 0 aromatic carbocycles. The predicted molar refractivity (Wildman–Crippen MR) is 101 cm³/mol. The number of hydrogen-bond acceptors (Lipinski definition) is 8. The van der Waals surface area contributed by atoms with Crippen LogP contribution in [0.15, 0.2) is 15.8 Å². The Kier molecular flexibility index (Phi) is 3.56. The van der Waals surface area contributed by atoms with Gasteiger partial charge >= 0.3 is 0 Å². The maximum atomic E-state index is 6.47. The zero-order valence-electron chi connectivity index (χ0n) is 15.6. The molecule has 6 rings (SSSR count). The molecule has 4 unspecified atom stereocenters. The first-order valence-electron chi connectivity index (χ1n) is 9.99. The van der Waals surface area contributed by atoms with E-state index in [1.165, 1.54) is 12.8 Å². The van der Waals surface area contributed by atoms with Crippen LogP contribution in [0.3, 0.4) is 0 Å². The zero-order chi connectivity index (χ0) is 18.9. The Morgan fingerprint density at radius 1 is 1.29 bits per heavy atom. The number of aromatic nitrogens is 4. The fraction of sp³-hybridized carbons (Fsp3) is 0.667. The maximum absolute atomic E-state index is 6.47. The van der Waals surface area contributed by atoms with Crippen LogP contribution in [0.4, 0.5) is 5.82 Å². The molecule has 9 nitrogen and oxygen atoms in total. The lowest BCUT2D eigenvalue weighted by Crippen LogP contribution is -2.53. The second-order valence-corrected chi connectivity index (χ2v) is 8.59. The van der Waals surface area contributed by atoms with E-state index in [1.807, 2.05) is 6.92 Å². The van der Waals surface area contributed by atoms with Gasteiger partial charge in [-0.05, 0) is 44.2 Å². The number of fused-ring (bicyclic) bond motifs is 6. The van der Waals surface area contributed by atoms with Crippen LogP contribution in [-0.2, 0) is 10.3 Å². The zero-order valence-corrected chi connectivity index (χ0v) is 16.4. The van der Waals surface area contributed by atoms with E-state index in [-0.39, 0.29) is 6.17 Å². The van der Waals surface area contributed by atoms with Gasteiger partial charge in [0, 0.05) is 18.6 Å². The molecule has 3 aliphatic heterocycles. The highest BCUT2D eigenvalue weighted by molar-refractivity contribution is 6.28. The van der Waals surface area contributed by atoms with Gasteiger partial charge in [-0.3, -0.25) is 14.9 Å². The number of hydrazone groups is 1. The first-order chi connectivity index (χ1) is 13.7. The highest BCUT2D eigenvalue weighted by Gasteiger charge is 2.49. The molecule has 1 saturated carbocycles. The van der Waals surface area contributed by atoms with Crippen molar-refractivity contribution in [3.63, 3.8) is 0 Å². The minimum Gasteiger partial charge on any atom is -0.367 e. The number of imidazole rings is 1. The molecule has 2 aromatic heterocycles. The molecule has 2 aromatic rings. The van der Waals surface area contributed by atoms with Crippen LogP contribution in [-0.4, -0.2) is 38.3 Å². The number of nitrogens with one attached hydrogen (secondary N) is 1. The minimum absolute atomic E-state index is 0.0502. The molecule has 0 amide bonds. The molecule has 28 heavy (non-hydrogen) atoms. The molecule has 0 spiro atoms. The van der Waals surface area contributed by atoms with Gasteiger partial charge in [-0.15, -0.1) is 0 Å². The lowest BCUT2D eigenvalue weighted by molar-refractivity contribution is 0.00768. The Bertz CT molecular complexity index is 948. The minimum atomic E-state index is -0.491. The lowest BCUT2D eigenvalue weighted by atomic mass is 9.80. The van der Waals surface area contributed by atoms with Gasteiger partial charge in [-0.1, -0.05) is 18.0 Å². The van der Waals surface area contributed by atoms with E-state index in [9.17, 15) is 0 Å². The smallest absolute Gasteiger partial charge is 0.295 e. The second kappa shape index (κ2) is 5.93. The fourth-order valence-electron chi connectivity index (χ4n) is 5.19. The second-order valence-electron chi connectivity index (χ2n) is 8.26. The third-order valence-corrected chi connectivity index (χ3v) is 6.90. The van der Waals surface area contributed by atoms with Crippen molar-refractivity contribution in [2.75, 3.05) is 11.5 Å². The van der Waals surface area contributed by atoms with Crippen molar-refractivity contribution in [1.82, 2.24) is 25.1 Å². The van der Waals surface area contributed by atoms with Crippen molar-refractivity contribution in [3.05, 3.63) is 23.2 Å². The van der Waals surface area contributed by atoms with Crippen molar-refractivity contribution >= 4 is 23.3 Å². The number of ether oxygens (including phenoxy) is 1. The van der Waals surface area contributed by atoms with Gasteiger partial charge in [-0.25, -0.2) is 4.98 Å². The molecule has 4 atom stereocenters. The van der Waals surface area contributed by atoms with Crippen LogP contribution < -0.4 is 10.3 Å². The van der Waals surface area contributed by atoms with Gasteiger partial charge in [0.1, 0.15) is 17.6 Å². The van der Waals surface area contributed by atoms with Crippen LogP contribution in [0.2, 0.25) is 5.28 Å². The van der Waals surface area contributed by atoms with Gasteiger partial charge in [-0.2, -0.15) is 10.1 Å². The topological polar surface area (TPSA) is 93.6 Å². The first-order valence-corrected chi connectivity index (χ1v) is 10.4. The highest BCUT2D eigenvalue weighted by atomic mass is 35.5. The van der Waals surface area contributed by atoms with E-state index in [2.05, 4.69) is 35.1 Å². The van der Waals surface area contributed by atoms with Gasteiger partial charge in [0.15, 0.2) is 0 Å². The normalized spacial score (nSPS) is 33.9. The van der Waals surface area contributed by atoms with Crippen LogP contribution in [0, 0.1) is 5.92 Å². The van der Waals surface area contributed by atoms with E-state index in [0.717, 1.165) is 38.1 Å². The van der Waals surface area contributed by atoms with Crippen molar-refractivity contribution in [1.29, 1.82) is 0 Å². The van der Waals surface area contributed by atoms with Crippen molar-refractivity contribution in [2.24, 2.45) is 11.0 Å². The first kappa shape index (κ1) is 16.8. The molecule has 2 fully saturated rings.